The molecule has 0 spiro atoms. The van der Waals surface area contributed by atoms with Gasteiger partial charge in [0.15, 0.2) is 0 Å². The van der Waals surface area contributed by atoms with Crippen molar-refractivity contribution in [2.24, 2.45) is 0 Å². The second-order valence-electron chi connectivity index (χ2n) is 3.73. The van der Waals surface area contributed by atoms with Crippen LogP contribution in [0.25, 0.3) is 11.0 Å². The number of para-hydroxylation sites is 2. The standard InChI is InChI=1S/C12H14N2O2/c15-8-10(16)6-5-9-7-13-11-3-1-2-4-12(11)14-9/h1-4,7,10,15-16H,5-6,8H2/t10-/m1/s1. The van der Waals surface area contributed by atoms with Gasteiger partial charge in [-0.05, 0) is 25.0 Å². The Morgan fingerprint density at radius 3 is 2.69 bits per heavy atom. The summed E-state index contributed by atoms with van der Waals surface area (Å²) in [5.74, 6) is 0. The van der Waals surface area contributed by atoms with Gasteiger partial charge in [-0.15, -0.1) is 0 Å². The highest BCUT2D eigenvalue weighted by Gasteiger charge is 2.04. The topological polar surface area (TPSA) is 66.2 Å². The van der Waals surface area contributed by atoms with Gasteiger partial charge in [-0.2, -0.15) is 0 Å². The molecular weight excluding hydrogens is 204 g/mol. The molecule has 0 aliphatic rings. The highest BCUT2D eigenvalue weighted by molar-refractivity contribution is 5.73. The largest absolute Gasteiger partial charge is 0.394 e. The molecule has 0 radical (unpaired) electrons. The van der Waals surface area contributed by atoms with E-state index in [2.05, 4.69) is 9.97 Å². The lowest BCUT2D eigenvalue weighted by Crippen LogP contribution is -2.13. The molecule has 1 aromatic carbocycles. The molecule has 1 atom stereocenters. The maximum Gasteiger partial charge on any atom is 0.0890 e. The van der Waals surface area contributed by atoms with Crippen molar-refractivity contribution < 1.29 is 10.2 Å². The number of aryl methyl sites for hydroxylation is 1. The smallest absolute Gasteiger partial charge is 0.0890 e. The lowest BCUT2D eigenvalue weighted by molar-refractivity contribution is 0.0884. The first-order chi connectivity index (χ1) is 7.79. The number of hydrogen-bond acceptors (Lipinski definition) is 4. The summed E-state index contributed by atoms with van der Waals surface area (Å²) in [6.07, 6.45) is 2.17. The van der Waals surface area contributed by atoms with Crippen molar-refractivity contribution in [2.75, 3.05) is 6.61 Å². The third-order valence-corrected chi connectivity index (χ3v) is 2.44. The van der Waals surface area contributed by atoms with Crippen LogP contribution in [-0.4, -0.2) is 32.9 Å². The molecule has 0 unspecified atom stereocenters. The molecule has 2 rings (SSSR count). The van der Waals surface area contributed by atoms with Crippen molar-refractivity contribution in [1.82, 2.24) is 9.97 Å². The van der Waals surface area contributed by atoms with Gasteiger partial charge in [0.2, 0.25) is 0 Å². The van der Waals surface area contributed by atoms with Crippen LogP contribution in [0.5, 0.6) is 0 Å². The number of hydrogen-bond donors (Lipinski definition) is 2. The molecule has 16 heavy (non-hydrogen) atoms. The fourth-order valence-corrected chi connectivity index (χ4v) is 1.52. The number of benzene rings is 1. The molecule has 0 fully saturated rings. The van der Waals surface area contributed by atoms with Crippen LogP contribution in [0, 0.1) is 0 Å². The van der Waals surface area contributed by atoms with Gasteiger partial charge in [-0.3, -0.25) is 4.98 Å². The zero-order chi connectivity index (χ0) is 11.4. The van der Waals surface area contributed by atoms with Crippen LogP contribution in [-0.2, 0) is 6.42 Å². The van der Waals surface area contributed by atoms with Gasteiger partial charge in [0.25, 0.3) is 0 Å². The summed E-state index contributed by atoms with van der Waals surface area (Å²) in [6.45, 7) is -0.207. The zero-order valence-corrected chi connectivity index (χ0v) is 8.87. The van der Waals surface area contributed by atoms with E-state index >= 15 is 0 Å². The van der Waals surface area contributed by atoms with Gasteiger partial charge >= 0.3 is 0 Å². The van der Waals surface area contributed by atoms with E-state index in [1.165, 1.54) is 0 Å². The maximum absolute atomic E-state index is 9.23. The van der Waals surface area contributed by atoms with Crippen molar-refractivity contribution in [1.29, 1.82) is 0 Å². The maximum atomic E-state index is 9.23. The Morgan fingerprint density at radius 2 is 1.94 bits per heavy atom. The summed E-state index contributed by atoms with van der Waals surface area (Å²) < 4.78 is 0. The molecule has 4 nitrogen and oxygen atoms in total. The number of aromatic nitrogens is 2. The first kappa shape index (κ1) is 11.0. The Hall–Kier alpha value is -1.52. The highest BCUT2D eigenvalue weighted by Crippen LogP contribution is 2.10. The van der Waals surface area contributed by atoms with E-state index in [1.54, 1.807) is 6.20 Å². The Bertz CT molecular complexity index is 473. The van der Waals surface area contributed by atoms with E-state index in [1.807, 2.05) is 24.3 Å². The molecule has 2 aromatic rings. The average Bonchev–Trinajstić information content (AvgIpc) is 2.35. The Labute approximate surface area is 93.6 Å². The zero-order valence-electron chi connectivity index (χ0n) is 8.87. The SMILES string of the molecule is OC[C@H](O)CCc1cnc2ccccc2n1. The summed E-state index contributed by atoms with van der Waals surface area (Å²) in [4.78, 5) is 8.70. The van der Waals surface area contributed by atoms with Gasteiger partial charge in [-0.1, -0.05) is 12.1 Å². The molecular formula is C12H14N2O2. The van der Waals surface area contributed by atoms with E-state index in [0.29, 0.717) is 12.8 Å². The van der Waals surface area contributed by atoms with Crippen molar-refractivity contribution in [3.05, 3.63) is 36.2 Å². The molecule has 0 saturated heterocycles. The summed E-state index contributed by atoms with van der Waals surface area (Å²) >= 11 is 0. The summed E-state index contributed by atoms with van der Waals surface area (Å²) in [6, 6.07) is 7.67. The minimum absolute atomic E-state index is 0.207. The van der Waals surface area contributed by atoms with Gasteiger partial charge in [0.05, 0.1) is 29.4 Å². The first-order valence-corrected chi connectivity index (χ1v) is 5.29. The predicted octanol–water partition coefficient (Wildman–Crippen LogP) is 0.916. The fraction of sp³-hybridized carbons (Fsp3) is 0.333. The van der Waals surface area contributed by atoms with E-state index in [4.69, 9.17) is 5.11 Å². The lowest BCUT2D eigenvalue weighted by Gasteiger charge is -2.06. The molecule has 0 aliphatic heterocycles. The minimum Gasteiger partial charge on any atom is -0.394 e. The average molecular weight is 218 g/mol. The molecule has 1 heterocycles. The Morgan fingerprint density at radius 1 is 1.19 bits per heavy atom. The van der Waals surface area contributed by atoms with Gasteiger partial charge in [-0.25, -0.2) is 4.98 Å². The fourth-order valence-electron chi connectivity index (χ4n) is 1.52. The van der Waals surface area contributed by atoms with Gasteiger partial charge < -0.3 is 10.2 Å². The molecule has 0 bridgehead atoms. The number of aliphatic hydroxyl groups is 2. The molecule has 2 N–H and O–H groups in total. The monoisotopic (exact) mass is 218 g/mol. The Kier molecular flexibility index (Phi) is 3.44. The second-order valence-corrected chi connectivity index (χ2v) is 3.73. The van der Waals surface area contributed by atoms with Crippen molar-refractivity contribution in [2.45, 2.75) is 18.9 Å². The molecule has 0 amide bonds. The summed E-state index contributed by atoms with van der Waals surface area (Å²) in [5, 5.41) is 17.9. The minimum atomic E-state index is -0.673. The van der Waals surface area contributed by atoms with E-state index < -0.39 is 6.10 Å². The van der Waals surface area contributed by atoms with Crippen molar-refractivity contribution in [3.8, 4) is 0 Å². The third kappa shape index (κ3) is 2.53. The summed E-state index contributed by atoms with van der Waals surface area (Å²) in [7, 11) is 0. The van der Waals surface area contributed by atoms with Crippen LogP contribution in [0.1, 0.15) is 12.1 Å². The van der Waals surface area contributed by atoms with E-state index in [9.17, 15) is 5.11 Å². The van der Waals surface area contributed by atoms with Crippen LogP contribution >= 0.6 is 0 Å². The van der Waals surface area contributed by atoms with Crippen LogP contribution < -0.4 is 0 Å². The molecule has 1 aromatic heterocycles. The normalized spacial score (nSPS) is 12.9. The van der Waals surface area contributed by atoms with Crippen molar-refractivity contribution in [3.63, 3.8) is 0 Å². The quantitative estimate of drug-likeness (QED) is 0.800. The second kappa shape index (κ2) is 5.01. The van der Waals surface area contributed by atoms with Gasteiger partial charge in [0.1, 0.15) is 0 Å². The molecule has 0 saturated carbocycles. The lowest BCUT2D eigenvalue weighted by atomic mass is 10.1. The third-order valence-electron chi connectivity index (χ3n) is 2.44. The highest BCUT2D eigenvalue weighted by atomic mass is 16.3. The first-order valence-electron chi connectivity index (χ1n) is 5.29. The number of aliphatic hydroxyl groups excluding tert-OH is 2. The molecule has 84 valence electrons. The Balaban J connectivity index is 2.13. The van der Waals surface area contributed by atoms with Crippen LogP contribution in [0.2, 0.25) is 0 Å². The predicted molar refractivity (Wildman–Crippen MR) is 61.0 cm³/mol. The van der Waals surface area contributed by atoms with Gasteiger partial charge in [0, 0.05) is 6.20 Å². The van der Waals surface area contributed by atoms with Crippen LogP contribution in [0.15, 0.2) is 30.5 Å². The number of rotatable bonds is 4. The molecule has 0 aliphatic carbocycles. The molecule has 4 heteroatoms. The van der Waals surface area contributed by atoms with Crippen LogP contribution in [0.3, 0.4) is 0 Å². The van der Waals surface area contributed by atoms with E-state index in [0.717, 1.165) is 16.7 Å². The van der Waals surface area contributed by atoms with Crippen LogP contribution in [0.4, 0.5) is 0 Å². The van der Waals surface area contributed by atoms with Crippen molar-refractivity contribution >= 4 is 11.0 Å². The summed E-state index contributed by atoms with van der Waals surface area (Å²) in [5.41, 5.74) is 2.57. The number of fused-ring (bicyclic) bond motifs is 1. The van der Waals surface area contributed by atoms with E-state index in [-0.39, 0.29) is 6.61 Å². The number of nitrogens with zero attached hydrogens (tertiary/aromatic N) is 2.